The Kier molecular flexibility index (Phi) is 4.90. The number of hydrogen-bond donors (Lipinski definition) is 0. The van der Waals surface area contributed by atoms with E-state index in [-0.39, 0.29) is 24.7 Å². The summed E-state index contributed by atoms with van der Waals surface area (Å²) in [5, 5.41) is 0. The molecule has 0 aliphatic carbocycles. The van der Waals surface area contributed by atoms with Crippen molar-refractivity contribution in [2.24, 2.45) is 11.8 Å². The third-order valence-electron chi connectivity index (χ3n) is 5.52. The fraction of sp³-hybridized carbons (Fsp3) is 0.579. The van der Waals surface area contributed by atoms with Crippen LogP contribution in [0.15, 0.2) is 24.3 Å². The molecule has 5 nitrogen and oxygen atoms in total. The highest BCUT2D eigenvalue weighted by atomic mass is 16.5. The minimum atomic E-state index is -0.319. The molecule has 0 spiro atoms. The highest BCUT2D eigenvalue weighted by Crippen LogP contribution is 2.44. The summed E-state index contributed by atoms with van der Waals surface area (Å²) in [6.07, 6.45) is 0.416. The SMILES string of the molecule is COC(=O)CCC(=O)N1C[C@@H]2CN(C)[C@@H](c3ccccc3C)[C@@H]2C1. The number of esters is 1. The van der Waals surface area contributed by atoms with E-state index in [0.29, 0.717) is 17.9 Å². The summed E-state index contributed by atoms with van der Waals surface area (Å²) in [7, 11) is 3.54. The number of aryl methyl sites for hydroxylation is 1. The average Bonchev–Trinajstić information content (AvgIpc) is 3.10. The lowest BCUT2D eigenvalue weighted by Gasteiger charge is -2.28. The highest BCUT2D eigenvalue weighted by Gasteiger charge is 2.47. The van der Waals surface area contributed by atoms with Gasteiger partial charge in [-0.1, -0.05) is 24.3 Å². The van der Waals surface area contributed by atoms with E-state index < -0.39 is 0 Å². The topological polar surface area (TPSA) is 49.9 Å². The van der Waals surface area contributed by atoms with E-state index in [1.807, 2.05) is 4.90 Å². The lowest BCUT2D eigenvalue weighted by molar-refractivity contribution is -0.143. The molecule has 3 atom stereocenters. The first kappa shape index (κ1) is 17.0. The largest absolute Gasteiger partial charge is 0.469 e. The molecular weight excluding hydrogens is 304 g/mol. The average molecular weight is 330 g/mol. The van der Waals surface area contributed by atoms with E-state index in [2.05, 4.69) is 47.9 Å². The van der Waals surface area contributed by atoms with E-state index in [1.165, 1.54) is 18.2 Å². The normalized spacial score (nSPS) is 26.5. The van der Waals surface area contributed by atoms with Crippen molar-refractivity contribution in [1.29, 1.82) is 0 Å². The fourth-order valence-electron chi connectivity index (χ4n) is 4.32. The van der Waals surface area contributed by atoms with Crippen molar-refractivity contribution in [3.8, 4) is 0 Å². The van der Waals surface area contributed by atoms with Gasteiger partial charge in [-0.05, 0) is 31.0 Å². The number of rotatable bonds is 4. The van der Waals surface area contributed by atoms with Gasteiger partial charge >= 0.3 is 5.97 Å². The summed E-state index contributed by atoms with van der Waals surface area (Å²) in [6, 6.07) is 8.90. The molecule has 1 amide bonds. The first-order chi connectivity index (χ1) is 11.5. The van der Waals surface area contributed by atoms with Crippen LogP contribution in [0.25, 0.3) is 0 Å². The van der Waals surface area contributed by atoms with Gasteiger partial charge < -0.3 is 9.64 Å². The van der Waals surface area contributed by atoms with E-state index in [4.69, 9.17) is 0 Å². The van der Waals surface area contributed by atoms with Crippen LogP contribution in [-0.4, -0.2) is 55.5 Å². The molecule has 130 valence electrons. The van der Waals surface area contributed by atoms with Gasteiger partial charge in [0.1, 0.15) is 0 Å². The molecule has 0 aromatic heterocycles. The molecule has 2 aliphatic heterocycles. The number of carbonyl (C=O) groups is 2. The summed E-state index contributed by atoms with van der Waals surface area (Å²) in [4.78, 5) is 28.0. The zero-order valence-corrected chi connectivity index (χ0v) is 14.7. The predicted molar refractivity (Wildman–Crippen MR) is 91.4 cm³/mol. The molecule has 0 unspecified atom stereocenters. The van der Waals surface area contributed by atoms with Gasteiger partial charge in [-0.2, -0.15) is 0 Å². The second-order valence-corrected chi connectivity index (χ2v) is 7.04. The Morgan fingerprint density at radius 2 is 1.92 bits per heavy atom. The smallest absolute Gasteiger partial charge is 0.306 e. The lowest BCUT2D eigenvalue weighted by Crippen LogP contribution is -2.33. The van der Waals surface area contributed by atoms with Gasteiger partial charge in [0.05, 0.1) is 13.5 Å². The summed E-state index contributed by atoms with van der Waals surface area (Å²) in [6.45, 7) is 4.76. The van der Waals surface area contributed by atoms with Crippen LogP contribution in [0.5, 0.6) is 0 Å². The highest BCUT2D eigenvalue weighted by molar-refractivity contribution is 5.81. The molecule has 2 aliphatic rings. The maximum Gasteiger partial charge on any atom is 0.306 e. The van der Waals surface area contributed by atoms with Crippen LogP contribution >= 0.6 is 0 Å². The molecule has 2 saturated heterocycles. The molecule has 3 rings (SSSR count). The second-order valence-electron chi connectivity index (χ2n) is 7.04. The molecule has 0 bridgehead atoms. The molecule has 0 N–H and O–H groups in total. The monoisotopic (exact) mass is 330 g/mol. The summed E-state index contributed by atoms with van der Waals surface area (Å²) in [5.41, 5.74) is 2.68. The summed E-state index contributed by atoms with van der Waals surface area (Å²) >= 11 is 0. The minimum Gasteiger partial charge on any atom is -0.469 e. The maximum atomic E-state index is 12.4. The predicted octanol–water partition coefficient (Wildman–Crippen LogP) is 2.01. The number of carbonyl (C=O) groups excluding carboxylic acids is 2. The van der Waals surface area contributed by atoms with Crippen molar-refractivity contribution in [1.82, 2.24) is 9.80 Å². The van der Waals surface area contributed by atoms with Crippen LogP contribution < -0.4 is 0 Å². The number of likely N-dealkylation sites (tertiary alicyclic amines) is 2. The number of nitrogens with zero attached hydrogens (tertiary/aromatic N) is 2. The Balaban J connectivity index is 1.69. The second kappa shape index (κ2) is 6.93. The van der Waals surface area contributed by atoms with Gasteiger partial charge in [0.25, 0.3) is 0 Å². The molecule has 5 heteroatoms. The van der Waals surface area contributed by atoms with Crippen LogP contribution in [-0.2, 0) is 14.3 Å². The number of ether oxygens (including phenoxy) is 1. The van der Waals surface area contributed by atoms with Gasteiger partial charge in [-0.25, -0.2) is 0 Å². The fourth-order valence-corrected chi connectivity index (χ4v) is 4.32. The Bertz CT molecular complexity index is 631. The zero-order chi connectivity index (χ0) is 17.3. The van der Waals surface area contributed by atoms with Crippen molar-refractivity contribution < 1.29 is 14.3 Å². The Labute approximate surface area is 143 Å². The van der Waals surface area contributed by atoms with E-state index in [1.54, 1.807) is 0 Å². The van der Waals surface area contributed by atoms with Gasteiger partial charge in [0, 0.05) is 38.0 Å². The molecule has 24 heavy (non-hydrogen) atoms. The Hall–Kier alpha value is -1.88. The van der Waals surface area contributed by atoms with Crippen LogP contribution in [0.2, 0.25) is 0 Å². The van der Waals surface area contributed by atoms with Crippen molar-refractivity contribution in [2.45, 2.75) is 25.8 Å². The van der Waals surface area contributed by atoms with Gasteiger partial charge in [-0.3, -0.25) is 14.5 Å². The molecule has 2 heterocycles. The number of methoxy groups -OCH3 is 1. The van der Waals surface area contributed by atoms with Gasteiger partial charge in [0.2, 0.25) is 5.91 Å². The minimum absolute atomic E-state index is 0.0704. The number of hydrogen-bond acceptors (Lipinski definition) is 4. The van der Waals surface area contributed by atoms with Crippen LogP contribution in [0.4, 0.5) is 0 Å². The summed E-state index contributed by atoms with van der Waals surface area (Å²) < 4.78 is 4.62. The third kappa shape index (κ3) is 3.18. The molecule has 0 radical (unpaired) electrons. The Morgan fingerprint density at radius 3 is 2.62 bits per heavy atom. The number of amides is 1. The molecular formula is C19H26N2O3. The van der Waals surface area contributed by atoms with Crippen molar-refractivity contribution >= 4 is 11.9 Å². The molecule has 1 aromatic rings. The summed E-state index contributed by atoms with van der Waals surface area (Å²) in [5.74, 6) is 0.737. The molecule has 2 fully saturated rings. The van der Waals surface area contributed by atoms with E-state index >= 15 is 0 Å². The maximum absolute atomic E-state index is 12.4. The first-order valence-corrected chi connectivity index (χ1v) is 8.61. The third-order valence-corrected chi connectivity index (χ3v) is 5.52. The van der Waals surface area contributed by atoms with Crippen molar-refractivity contribution in [2.75, 3.05) is 33.8 Å². The van der Waals surface area contributed by atoms with Crippen LogP contribution in [0, 0.1) is 18.8 Å². The zero-order valence-electron chi connectivity index (χ0n) is 14.7. The number of benzene rings is 1. The number of fused-ring (bicyclic) bond motifs is 1. The Morgan fingerprint density at radius 1 is 1.17 bits per heavy atom. The van der Waals surface area contributed by atoms with Crippen LogP contribution in [0.1, 0.15) is 30.0 Å². The van der Waals surface area contributed by atoms with E-state index in [0.717, 1.165) is 19.6 Å². The van der Waals surface area contributed by atoms with Crippen molar-refractivity contribution in [3.05, 3.63) is 35.4 Å². The van der Waals surface area contributed by atoms with Gasteiger partial charge in [-0.15, -0.1) is 0 Å². The quantitative estimate of drug-likeness (QED) is 0.793. The molecule has 0 saturated carbocycles. The van der Waals surface area contributed by atoms with Crippen molar-refractivity contribution in [3.63, 3.8) is 0 Å². The van der Waals surface area contributed by atoms with E-state index in [9.17, 15) is 9.59 Å². The lowest BCUT2D eigenvalue weighted by atomic mass is 9.88. The standard InChI is InChI=1S/C19H26N2O3/c1-13-6-4-5-7-15(13)19-16-12-21(11-14(16)10-20(19)2)17(22)8-9-18(23)24-3/h4-7,14,16,19H,8-12H2,1-3H3/t14-,16+,19-/m0/s1. The van der Waals surface area contributed by atoms with Crippen LogP contribution in [0.3, 0.4) is 0 Å². The first-order valence-electron chi connectivity index (χ1n) is 8.61. The van der Waals surface area contributed by atoms with Gasteiger partial charge in [0.15, 0.2) is 0 Å². The molecule has 1 aromatic carbocycles.